The molecule has 5 rings (SSSR count). The van der Waals surface area contributed by atoms with Gasteiger partial charge in [0.1, 0.15) is 0 Å². The summed E-state index contributed by atoms with van der Waals surface area (Å²) in [6, 6.07) is 14.1. The first-order valence-electron chi connectivity index (χ1n) is 16.6. The second-order valence-electron chi connectivity index (χ2n) is 11.7. The van der Waals surface area contributed by atoms with Gasteiger partial charge in [0, 0.05) is 27.7 Å². The highest BCUT2D eigenvalue weighted by molar-refractivity contribution is 5.90. The highest BCUT2D eigenvalue weighted by Crippen LogP contribution is 2.21. The van der Waals surface area contributed by atoms with E-state index in [1.54, 1.807) is 122 Å². The van der Waals surface area contributed by atoms with Crippen molar-refractivity contribution in [3.8, 4) is 0 Å². The molecule has 0 aliphatic heterocycles. The van der Waals surface area contributed by atoms with E-state index in [-0.39, 0.29) is 23.6 Å². The quantitative estimate of drug-likeness (QED) is 0.109. The van der Waals surface area contributed by atoms with E-state index in [9.17, 15) is 19.2 Å². The second kappa shape index (κ2) is 18.1. The van der Waals surface area contributed by atoms with Gasteiger partial charge in [0.25, 0.3) is 0 Å². The Balaban J connectivity index is 1.57. The predicted octanol–water partition coefficient (Wildman–Crippen LogP) is 6.57. The fourth-order valence-electron chi connectivity index (χ4n) is 4.76. The summed E-state index contributed by atoms with van der Waals surface area (Å²) < 4.78 is 0. The number of pyridine rings is 4. The van der Waals surface area contributed by atoms with Crippen LogP contribution in [0.3, 0.4) is 0 Å². The van der Waals surface area contributed by atoms with Gasteiger partial charge in [-0.2, -0.15) is 0 Å². The lowest BCUT2D eigenvalue weighted by Crippen LogP contribution is -2.05. The van der Waals surface area contributed by atoms with Gasteiger partial charge in [-0.15, -0.1) is 0 Å². The van der Waals surface area contributed by atoms with E-state index in [1.165, 1.54) is 27.7 Å². The minimum absolute atomic E-state index is 0.197. The van der Waals surface area contributed by atoms with E-state index in [0.29, 0.717) is 68.3 Å². The zero-order valence-electron chi connectivity index (χ0n) is 29.9. The zero-order valence-corrected chi connectivity index (χ0v) is 29.9. The molecule has 0 radical (unpaired) electrons. The lowest BCUT2D eigenvalue weighted by molar-refractivity contribution is -0.115. The lowest BCUT2D eigenvalue weighted by Gasteiger charge is -2.08. The van der Waals surface area contributed by atoms with Gasteiger partial charge in [-0.1, -0.05) is 0 Å². The SMILES string of the molecule is CC(=O)Nc1ccc(C=Cc2nc(C=Cc3ccc(NC(C)=O)cn3)c(C=Cc3ccc(NC(C)=O)cn3)nc2C=Cc2ccc(NC(C)=O)cn2)nc1. The molecule has 0 aliphatic carbocycles. The summed E-state index contributed by atoms with van der Waals surface area (Å²) in [6.07, 6.45) is 20.5. The minimum atomic E-state index is -0.197. The number of amides is 4. The number of hydrogen-bond acceptors (Lipinski definition) is 10. The van der Waals surface area contributed by atoms with E-state index in [2.05, 4.69) is 41.2 Å². The van der Waals surface area contributed by atoms with Crippen molar-refractivity contribution in [3.63, 3.8) is 0 Å². The third kappa shape index (κ3) is 11.8. The third-order valence-electron chi connectivity index (χ3n) is 7.08. The molecule has 5 aromatic rings. The van der Waals surface area contributed by atoms with Crippen molar-refractivity contribution in [2.45, 2.75) is 27.7 Å². The zero-order chi connectivity index (χ0) is 38.5. The van der Waals surface area contributed by atoms with Gasteiger partial charge in [0.15, 0.2) is 0 Å². The molecule has 0 unspecified atom stereocenters. The maximum Gasteiger partial charge on any atom is 0.221 e. The number of nitrogens with one attached hydrogen (secondary N) is 4. The van der Waals surface area contributed by atoms with Gasteiger partial charge in [0.05, 0.1) is 93.1 Å². The maximum atomic E-state index is 11.5. The molecule has 0 saturated carbocycles. The molecule has 0 saturated heterocycles. The van der Waals surface area contributed by atoms with E-state index < -0.39 is 0 Å². The molecule has 0 aromatic carbocycles. The van der Waals surface area contributed by atoms with Gasteiger partial charge in [-0.3, -0.25) is 39.1 Å². The molecular weight excluding hydrogens is 685 g/mol. The Hall–Kier alpha value is -7.48. The standard InChI is InChI=1S/C40H36N10O4/c1-25(51)45-33-9-5-29(41-21-33)13-17-37-38(18-14-30-6-10-34(22-42-30)46-26(2)52)50-40(20-16-32-8-12-36(24-44-32)48-28(4)54)39(49-37)19-15-31-7-11-35(23-43-31)47-27(3)53/h5-24H,1-4H3,(H,45,51)(H,46,52)(H,47,53)(H,48,54). The van der Waals surface area contributed by atoms with Crippen LogP contribution in [0.15, 0.2) is 73.3 Å². The Bertz CT molecular complexity index is 1940. The fourth-order valence-corrected chi connectivity index (χ4v) is 4.76. The number of hydrogen-bond donors (Lipinski definition) is 4. The molecule has 54 heavy (non-hydrogen) atoms. The summed E-state index contributed by atoms with van der Waals surface area (Å²) in [5, 5.41) is 10.8. The van der Waals surface area contributed by atoms with Crippen molar-refractivity contribution in [1.29, 1.82) is 0 Å². The lowest BCUT2D eigenvalue weighted by atomic mass is 10.1. The van der Waals surface area contributed by atoms with E-state index >= 15 is 0 Å². The van der Waals surface area contributed by atoms with Crippen molar-refractivity contribution in [1.82, 2.24) is 29.9 Å². The summed E-state index contributed by atoms with van der Waals surface area (Å²) in [6.45, 7) is 5.71. The molecule has 14 heteroatoms. The van der Waals surface area contributed by atoms with Crippen LogP contribution < -0.4 is 21.3 Å². The highest BCUT2D eigenvalue weighted by atomic mass is 16.2. The Morgan fingerprint density at radius 2 is 0.593 bits per heavy atom. The summed E-state index contributed by atoms with van der Waals surface area (Å²) >= 11 is 0. The Morgan fingerprint density at radius 3 is 0.759 bits per heavy atom. The van der Waals surface area contributed by atoms with Gasteiger partial charge in [-0.05, 0) is 97.1 Å². The van der Waals surface area contributed by atoms with Crippen molar-refractivity contribution < 1.29 is 19.2 Å². The smallest absolute Gasteiger partial charge is 0.221 e. The van der Waals surface area contributed by atoms with Gasteiger partial charge in [0.2, 0.25) is 23.6 Å². The minimum Gasteiger partial charge on any atom is -0.325 e. The first-order chi connectivity index (χ1) is 26.0. The monoisotopic (exact) mass is 720 g/mol. The van der Waals surface area contributed by atoms with Crippen LogP contribution in [0.25, 0.3) is 48.6 Å². The predicted molar refractivity (Wildman–Crippen MR) is 212 cm³/mol. The molecule has 5 aromatic heterocycles. The average Bonchev–Trinajstić information content (AvgIpc) is 3.13. The Kier molecular flexibility index (Phi) is 12.7. The maximum absolute atomic E-state index is 11.5. The molecule has 0 spiro atoms. The summed E-state index contributed by atoms with van der Waals surface area (Å²) in [5.74, 6) is -0.787. The largest absolute Gasteiger partial charge is 0.325 e. The van der Waals surface area contributed by atoms with Crippen LogP contribution in [0.2, 0.25) is 0 Å². The molecule has 5 heterocycles. The number of carbonyl (C=O) groups excluding carboxylic acids is 4. The molecule has 14 nitrogen and oxygen atoms in total. The summed E-state index contributed by atoms with van der Waals surface area (Å²) in [7, 11) is 0. The number of aromatic nitrogens is 6. The van der Waals surface area contributed by atoms with Gasteiger partial charge in [-0.25, -0.2) is 9.97 Å². The molecule has 0 aliphatic rings. The number of carbonyl (C=O) groups is 4. The Labute approximate surface area is 311 Å². The number of nitrogens with zero attached hydrogens (tertiary/aromatic N) is 6. The molecular formula is C40H36N10O4. The molecule has 270 valence electrons. The van der Waals surface area contributed by atoms with Crippen LogP contribution in [0.5, 0.6) is 0 Å². The van der Waals surface area contributed by atoms with Crippen LogP contribution in [0.1, 0.15) is 73.2 Å². The molecule has 0 atom stereocenters. The average molecular weight is 721 g/mol. The summed E-state index contributed by atoms with van der Waals surface area (Å²) in [4.78, 5) is 73.5. The van der Waals surface area contributed by atoms with E-state index in [4.69, 9.17) is 9.97 Å². The van der Waals surface area contributed by atoms with Crippen molar-refractivity contribution >= 4 is 95.0 Å². The Morgan fingerprint density at radius 1 is 0.370 bits per heavy atom. The highest BCUT2D eigenvalue weighted by Gasteiger charge is 2.10. The normalized spacial score (nSPS) is 11.3. The molecule has 0 bridgehead atoms. The van der Waals surface area contributed by atoms with Crippen molar-refractivity contribution in [3.05, 3.63) is 119 Å². The third-order valence-corrected chi connectivity index (χ3v) is 7.08. The van der Waals surface area contributed by atoms with Gasteiger partial charge >= 0.3 is 0 Å². The summed E-state index contributed by atoms with van der Waals surface area (Å²) in [5.41, 5.74) is 6.81. The second-order valence-corrected chi connectivity index (χ2v) is 11.7. The van der Waals surface area contributed by atoms with Crippen LogP contribution in [-0.4, -0.2) is 53.5 Å². The number of rotatable bonds is 12. The van der Waals surface area contributed by atoms with Gasteiger partial charge < -0.3 is 21.3 Å². The number of anilines is 4. The van der Waals surface area contributed by atoms with Crippen molar-refractivity contribution in [2.75, 3.05) is 21.3 Å². The van der Waals surface area contributed by atoms with Crippen LogP contribution in [0, 0.1) is 0 Å². The van der Waals surface area contributed by atoms with Crippen molar-refractivity contribution in [2.24, 2.45) is 0 Å². The van der Waals surface area contributed by atoms with Crippen LogP contribution in [-0.2, 0) is 19.2 Å². The van der Waals surface area contributed by atoms with E-state index in [0.717, 1.165) is 0 Å². The fraction of sp³-hybridized carbons (Fsp3) is 0.100. The molecule has 4 N–H and O–H groups in total. The first-order valence-corrected chi connectivity index (χ1v) is 16.6. The molecule has 0 fully saturated rings. The molecule has 4 amide bonds. The topological polar surface area (TPSA) is 194 Å². The first kappa shape index (κ1) is 37.8. The van der Waals surface area contributed by atoms with Crippen LogP contribution >= 0.6 is 0 Å². The van der Waals surface area contributed by atoms with Crippen LogP contribution in [0.4, 0.5) is 22.7 Å². The van der Waals surface area contributed by atoms with E-state index in [1.807, 2.05) is 0 Å².